The summed E-state index contributed by atoms with van der Waals surface area (Å²) >= 11 is 0. The topological polar surface area (TPSA) is 60.8 Å². The number of nitrogens with zero attached hydrogens (tertiary/aromatic N) is 1. The Morgan fingerprint density at radius 1 is 1.57 bits per heavy atom. The fraction of sp³-hybridized carbons (Fsp3) is 0.438. The maximum absolute atomic E-state index is 13.8. The zero-order valence-corrected chi connectivity index (χ0v) is 11.8. The lowest BCUT2D eigenvalue weighted by Crippen LogP contribution is -2.30. The fourth-order valence-electron chi connectivity index (χ4n) is 2.43. The standard InChI is InChI=1S/C16H18FNO3/c1-11(20)14-6-7-18(10-14)16(21)13-5-4-12(3-2-8-19)15(17)9-13/h4-5,9,11,14,19-20H,6-8,10H2,1H3. The van der Waals surface area contributed by atoms with E-state index in [9.17, 15) is 14.3 Å². The Morgan fingerprint density at radius 2 is 2.33 bits per heavy atom. The van der Waals surface area contributed by atoms with E-state index in [-0.39, 0.29) is 29.6 Å². The van der Waals surface area contributed by atoms with E-state index in [4.69, 9.17) is 5.11 Å². The zero-order chi connectivity index (χ0) is 15.4. The molecule has 0 bridgehead atoms. The third-order valence-corrected chi connectivity index (χ3v) is 3.71. The van der Waals surface area contributed by atoms with Crippen LogP contribution in [0.3, 0.4) is 0 Å². The average molecular weight is 291 g/mol. The van der Waals surface area contributed by atoms with Crippen molar-refractivity contribution in [2.45, 2.75) is 19.4 Å². The van der Waals surface area contributed by atoms with Gasteiger partial charge in [0.1, 0.15) is 12.4 Å². The second-order valence-corrected chi connectivity index (χ2v) is 5.20. The monoisotopic (exact) mass is 291 g/mol. The zero-order valence-electron chi connectivity index (χ0n) is 11.8. The van der Waals surface area contributed by atoms with Gasteiger partial charge in [-0.15, -0.1) is 0 Å². The second-order valence-electron chi connectivity index (χ2n) is 5.20. The molecule has 0 saturated carbocycles. The van der Waals surface area contributed by atoms with Crippen LogP contribution in [0.1, 0.15) is 29.3 Å². The number of benzene rings is 1. The summed E-state index contributed by atoms with van der Waals surface area (Å²) in [6.45, 7) is 2.44. The van der Waals surface area contributed by atoms with Crippen molar-refractivity contribution in [3.8, 4) is 11.8 Å². The molecule has 2 unspecified atom stereocenters. The lowest BCUT2D eigenvalue weighted by Gasteiger charge is -2.18. The van der Waals surface area contributed by atoms with Gasteiger partial charge in [0.25, 0.3) is 5.91 Å². The molecule has 112 valence electrons. The molecule has 0 aliphatic carbocycles. The number of carbonyl (C=O) groups excluding carboxylic acids is 1. The van der Waals surface area contributed by atoms with E-state index < -0.39 is 11.9 Å². The van der Waals surface area contributed by atoms with Crippen molar-refractivity contribution in [3.63, 3.8) is 0 Å². The molecule has 1 aliphatic rings. The van der Waals surface area contributed by atoms with Crippen LogP contribution in [0.2, 0.25) is 0 Å². The number of amides is 1. The highest BCUT2D eigenvalue weighted by Gasteiger charge is 2.29. The molecule has 4 nitrogen and oxygen atoms in total. The van der Waals surface area contributed by atoms with E-state index in [1.807, 2.05) is 0 Å². The Balaban J connectivity index is 2.12. The van der Waals surface area contributed by atoms with Gasteiger partial charge < -0.3 is 15.1 Å². The van der Waals surface area contributed by atoms with Gasteiger partial charge in [0.05, 0.1) is 11.7 Å². The molecule has 5 heteroatoms. The van der Waals surface area contributed by atoms with Gasteiger partial charge in [0, 0.05) is 24.6 Å². The third-order valence-electron chi connectivity index (χ3n) is 3.71. The summed E-state index contributed by atoms with van der Waals surface area (Å²) in [5.41, 5.74) is 0.428. The van der Waals surface area contributed by atoms with Crippen LogP contribution in [0.25, 0.3) is 0 Å². The lowest BCUT2D eigenvalue weighted by molar-refractivity contribution is 0.0762. The summed E-state index contributed by atoms with van der Waals surface area (Å²) in [6.07, 6.45) is 0.307. The molecule has 2 atom stereocenters. The summed E-state index contributed by atoms with van der Waals surface area (Å²) in [7, 11) is 0. The van der Waals surface area contributed by atoms with Crippen molar-refractivity contribution in [2.75, 3.05) is 19.7 Å². The molecule has 1 heterocycles. The van der Waals surface area contributed by atoms with Gasteiger partial charge in [-0.2, -0.15) is 0 Å². The normalized spacial score (nSPS) is 19.0. The highest BCUT2D eigenvalue weighted by molar-refractivity contribution is 5.94. The molecule has 1 fully saturated rings. The summed E-state index contributed by atoms with van der Waals surface area (Å²) in [5.74, 6) is 4.12. The van der Waals surface area contributed by atoms with Crippen LogP contribution in [-0.2, 0) is 0 Å². The maximum Gasteiger partial charge on any atom is 0.253 e. The average Bonchev–Trinajstić information content (AvgIpc) is 2.95. The Bertz CT molecular complexity index is 589. The van der Waals surface area contributed by atoms with E-state index in [2.05, 4.69) is 11.8 Å². The van der Waals surface area contributed by atoms with Crippen molar-refractivity contribution >= 4 is 5.91 Å². The highest BCUT2D eigenvalue weighted by Crippen LogP contribution is 2.22. The van der Waals surface area contributed by atoms with Crippen LogP contribution in [0.5, 0.6) is 0 Å². The molecule has 2 N–H and O–H groups in total. The number of aliphatic hydroxyl groups is 2. The fourth-order valence-corrected chi connectivity index (χ4v) is 2.43. The minimum absolute atomic E-state index is 0.0773. The molecule has 0 spiro atoms. The van der Waals surface area contributed by atoms with E-state index in [0.29, 0.717) is 13.1 Å². The third kappa shape index (κ3) is 3.60. The Labute approximate surface area is 123 Å². The van der Waals surface area contributed by atoms with Gasteiger partial charge in [-0.1, -0.05) is 11.8 Å². The highest BCUT2D eigenvalue weighted by atomic mass is 19.1. The van der Waals surface area contributed by atoms with Crippen LogP contribution in [0.4, 0.5) is 4.39 Å². The van der Waals surface area contributed by atoms with E-state index in [1.165, 1.54) is 18.2 Å². The van der Waals surface area contributed by atoms with Crippen molar-refractivity contribution in [2.24, 2.45) is 5.92 Å². The van der Waals surface area contributed by atoms with Gasteiger partial charge in [-0.25, -0.2) is 4.39 Å². The Hall–Kier alpha value is -1.90. The van der Waals surface area contributed by atoms with E-state index in [1.54, 1.807) is 11.8 Å². The molecule has 0 aromatic heterocycles. The van der Waals surface area contributed by atoms with E-state index in [0.717, 1.165) is 6.42 Å². The molecule has 1 saturated heterocycles. The number of carbonyl (C=O) groups is 1. The van der Waals surface area contributed by atoms with Crippen LogP contribution in [-0.4, -0.2) is 46.8 Å². The molecule has 0 radical (unpaired) electrons. The van der Waals surface area contributed by atoms with Crippen molar-refractivity contribution in [3.05, 3.63) is 35.1 Å². The molecular weight excluding hydrogens is 273 g/mol. The SMILES string of the molecule is CC(O)C1CCN(C(=O)c2ccc(C#CCO)c(F)c2)C1. The molecule has 1 aromatic carbocycles. The van der Waals surface area contributed by atoms with Crippen molar-refractivity contribution in [1.82, 2.24) is 4.90 Å². The summed E-state index contributed by atoms with van der Waals surface area (Å²) in [5, 5.41) is 18.1. The van der Waals surface area contributed by atoms with Gasteiger partial charge >= 0.3 is 0 Å². The predicted molar refractivity (Wildman–Crippen MR) is 76.1 cm³/mol. The number of aliphatic hydroxyl groups excluding tert-OH is 2. The van der Waals surface area contributed by atoms with Crippen LogP contribution in [0.15, 0.2) is 18.2 Å². The second kappa shape index (κ2) is 6.70. The van der Waals surface area contributed by atoms with Gasteiger partial charge in [0.2, 0.25) is 0 Å². The van der Waals surface area contributed by atoms with Crippen LogP contribution >= 0.6 is 0 Å². The summed E-state index contributed by atoms with van der Waals surface area (Å²) in [4.78, 5) is 13.9. The Kier molecular flexibility index (Phi) is 4.94. The predicted octanol–water partition coefficient (Wildman–Crippen LogP) is 1.01. The first kappa shape index (κ1) is 15.5. The molecule has 2 rings (SSSR count). The van der Waals surface area contributed by atoms with Crippen LogP contribution < -0.4 is 0 Å². The first-order chi connectivity index (χ1) is 10.0. The van der Waals surface area contributed by atoms with Gasteiger partial charge in [-0.3, -0.25) is 4.79 Å². The minimum atomic E-state index is -0.576. The summed E-state index contributed by atoms with van der Waals surface area (Å²) in [6, 6.07) is 4.13. The largest absolute Gasteiger partial charge is 0.393 e. The number of rotatable bonds is 2. The molecule has 1 amide bonds. The van der Waals surface area contributed by atoms with Crippen LogP contribution in [0, 0.1) is 23.6 Å². The maximum atomic E-state index is 13.8. The Morgan fingerprint density at radius 3 is 2.90 bits per heavy atom. The first-order valence-electron chi connectivity index (χ1n) is 6.89. The summed E-state index contributed by atoms with van der Waals surface area (Å²) < 4.78 is 13.8. The van der Waals surface area contributed by atoms with Gasteiger partial charge in [-0.05, 0) is 31.5 Å². The van der Waals surface area contributed by atoms with E-state index >= 15 is 0 Å². The number of halogens is 1. The molecule has 21 heavy (non-hydrogen) atoms. The first-order valence-corrected chi connectivity index (χ1v) is 6.89. The quantitative estimate of drug-likeness (QED) is 0.800. The molecule has 1 aromatic rings. The number of hydrogen-bond acceptors (Lipinski definition) is 3. The number of likely N-dealkylation sites (tertiary alicyclic amines) is 1. The molecular formula is C16H18FNO3. The van der Waals surface area contributed by atoms with Gasteiger partial charge in [0.15, 0.2) is 0 Å². The van der Waals surface area contributed by atoms with Crippen molar-refractivity contribution in [1.29, 1.82) is 0 Å². The van der Waals surface area contributed by atoms with Crippen molar-refractivity contribution < 1.29 is 19.4 Å². The number of hydrogen-bond donors (Lipinski definition) is 2. The smallest absolute Gasteiger partial charge is 0.253 e. The molecule has 1 aliphatic heterocycles. The lowest BCUT2D eigenvalue weighted by atomic mass is 10.0. The minimum Gasteiger partial charge on any atom is -0.393 e.